The van der Waals surface area contributed by atoms with Gasteiger partial charge in [0.25, 0.3) is 5.91 Å². The molecule has 0 aliphatic rings. The molecule has 0 radical (unpaired) electrons. The van der Waals surface area contributed by atoms with Crippen molar-refractivity contribution in [3.05, 3.63) is 48.2 Å². The Hall–Kier alpha value is -2.41. The molecule has 20 heavy (non-hydrogen) atoms. The molecule has 0 atom stereocenters. The van der Waals surface area contributed by atoms with Gasteiger partial charge in [0.15, 0.2) is 9.84 Å². The minimum atomic E-state index is -3.43. The van der Waals surface area contributed by atoms with Gasteiger partial charge in [0, 0.05) is 23.7 Å². The highest BCUT2D eigenvalue weighted by molar-refractivity contribution is 7.90. The smallest absolute Gasteiger partial charge is 0.256 e. The van der Waals surface area contributed by atoms with Crippen LogP contribution < -0.4 is 11.1 Å². The molecule has 104 valence electrons. The van der Waals surface area contributed by atoms with Crippen molar-refractivity contribution in [2.75, 3.05) is 17.3 Å². The summed E-state index contributed by atoms with van der Waals surface area (Å²) < 4.78 is 23.0. The Morgan fingerprint density at radius 1 is 1.25 bits per heavy atom. The summed E-state index contributed by atoms with van der Waals surface area (Å²) in [6.07, 6.45) is 2.60. The molecule has 0 fully saturated rings. The number of nitrogens with one attached hydrogen (secondary N) is 1. The van der Waals surface area contributed by atoms with Crippen LogP contribution in [0.25, 0.3) is 0 Å². The number of nitrogens with two attached hydrogens (primary N) is 1. The zero-order valence-corrected chi connectivity index (χ0v) is 11.5. The van der Waals surface area contributed by atoms with Gasteiger partial charge in [-0.1, -0.05) is 6.07 Å². The average molecular weight is 291 g/mol. The molecule has 7 heteroatoms. The van der Waals surface area contributed by atoms with Crippen LogP contribution in [0.1, 0.15) is 10.4 Å². The topological polar surface area (TPSA) is 102 Å². The second kappa shape index (κ2) is 5.30. The maximum Gasteiger partial charge on any atom is 0.256 e. The van der Waals surface area contributed by atoms with Gasteiger partial charge in [-0.25, -0.2) is 13.4 Å². The number of carbonyl (C=O) groups is 1. The average Bonchev–Trinajstić information content (AvgIpc) is 2.38. The first-order chi connectivity index (χ1) is 9.36. The van der Waals surface area contributed by atoms with E-state index in [1.165, 1.54) is 24.4 Å². The van der Waals surface area contributed by atoms with Crippen molar-refractivity contribution in [2.45, 2.75) is 4.90 Å². The zero-order chi connectivity index (χ0) is 14.8. The molecule has 2 rings (SSSR count). The second-order valence-corrected chi connectivity index (χ2v) is 6.25. The fourth-order valence-corrected chi connectivity index (χ4v) is 2.28. The van der Waals surface area contributed by atoms with Gasteiger partial charge in [0.1, 0.15) is 5.82 Å². The van der Waals surface area contributed by atoms with E-state index in [1.54, 1.807) is 18.2 Å². The predicted molar refractivity (Wildman–Crippen MR) is 76.2 cm³/mol. The van der Waals surface area contributed by atoms with Crippen molar-refractivity contribution >= 4 is 27.2 Å². The fourth-order valence-electron chi connectivity index (χ4n) is 1.59. The minimum Gasteiger partial charge on any atom is -0.399 e. The standard InChI is InChI=1S/C13H13N3O3S/c1-20(18,19)11-7-9(6-10(14)8-11)13(17)16-12-4-2-3-5-15-12/h2-8H,14H2,1H3,(H,15,16,17). The van der Waals surface area contributed by atoms with Gasteiger partial charge >= 0.3 is 0 Å². The largest absolute Gasteiger partial charge is 0.399 e. The molecule has 1 aromatic heterocycles. The Morgan fingerprint density at radius 2 is 2.00 bits per heavy atom. The van der Waals surface area contributed by atoms with Crippen molar-refractivity contribution in [3.8, 4) is 0 Å². The number of rotatable bonds is 3. The predicted octanol–water partition coefficient (Wildman–Crippen LogP) is 1.32. The molecule has 0 aliphatic heterocycles. The lowest BCUT2D eigenvalue weighted by Gasteiger charge is -2.07. The number of carbonyl (C=O) groups excluding carboxylic acids is 1. The van der Waals surface area contributed by atoms with E-state index >= 15 is 0 Å². The van der Waals surface area contributed by atoms with E-state index in [1.807, 2.05) is 0 Å². The van der Waals surface area contributed by atoms with Crippen LogP contribution in [-0.2, 0) is 9.84 Å². The Bertz CT molecular complexity index is 743. The number of aromatic nitrogens is 1. The van der Waals surface area contributed by atoms with E-state index in [0.29, 0.717) is 5.82 Å². The molecular formula is C13H13N3O3S. The third kappa shape index (κ3) is 3.33. The number of hydrogen-bond acceptors (Lipinski definition) is 5. The Labute approximate surface area is 116 Å². The number of anilines is 2. The molecule has 0 saturated heterocycles. The SMILES string of the molecule is CS(=O)(=O)c1cc(N)cc(C(=O)Nc2ccccn2)c1. The van der Waals surface area contributed by atoms with E-state index < -0.39 is 15.7 Å². The van der Waals surface area contributed by atoms with Gasteiger partial charge in [0.05, 0.1) is 4.90 Å². The minimum absolute atomic E-state index is 0.00340. The van der Waals surface area contributed by atoms with E-state index in [9.17, 15) is 13.2 Å². The summed E-state index contributed by atoms with van der Waals surface area (Å²) >= 11 is 0. The van der Waals surface area contributed by atoms with Gasteiger partial charge in [0.2, 0.25) is 0 Å². The first-order valence-electron chi connectivity index (χ1n) is 5.69. The van der Waals surface area contributed by atoms with Gasteiger partial charge < -0.3 is 11.1 Å². The third-order valence-electron chi connectivity index (χ3n) is 2.53. The highest BCUT2D eigenvalue weighted by atomic mass is 32.2. The summed E-state index contributed by atoms with van der Waals surface area (Å²) in [6.45, 7) is 0. The zero-order valence-electron chi connectivity index (χ0n) is 10.7. The van der Waals surface area contributed by atoms with E-state index in [4.69, 9.17) is 5.73 Å². The van der Waals surface area contributed by atoms with Crippen LogP contribution in [0.3, 0.4) is 0 Å². The number of sulfone groups is 1. The lowest BCUT2D eigenvalue weighted by atomic mass is 10.2. The highest BCUT2D eigenvalue weighted by Gasteiger charge is 2.13. The van der Waals surface area contributed by atoms with Crippen LogP contribution in [0.2, 0.25) is 0 Å². The summed E-state index contributed by atoms with van der Waals surface area (Å²) in [6, 6.07) is 9.08. The Kier molecular flexibility index (Phi) is 3.71. The van der Waals surface area contributed by atoms with Crippen molar-refractivity contribution in [1.82, 2.24) is 4.98 Å². The second-order valence-electron chi connectivity index (χ2n) is 4.23. The summed E-state index contributed by atoms with van der Waals surface area (Å²) in [7, 11) is -3.43. The van der Waals surface area contributed by atoms with E-state index in [2.05, 4.69) is 10.3 Å². The molecule has 2 aromatic rings. The molecule has 6 nitrogen and oxygen atoms in total. The molecule has 0 saturated carbocycles. The van der Waals surface area contributed by atoms with Gasteiger partial charge in [-0.2, -0.15) is 0 Å². The summed E-state index contributed by atoms with van der Waals surface area (Å²) in [4.78, 5) is 16.0. The van der Waals surface area contributed by atoms with E-state index in [-0.39, 0.29) is 16.1 Å². The van der Waals surface area contributed by atoms with Gasteiger partial charge in [-0.3, -0.25) is 4.79 Å². The highest BCUT2D eigenvalue weighted by Crippen LogP contribution is 2.17. The molecular weight excluding hydrogens is 278 g/mol. The maximum atomic E-state index is 12.0. The first-order valence-corrected chi connectivity index (χ1v) is 7.58. The molecule has 3 N–H and O–H groups in total. The lowest BCUT2D eigenvalue weighted by molar-refractivity contribution is 0.102. The molecule has 0 unspecified atom stereocenters. The quantitative estimate of drug-likeness (QED) is 0.830. The monoisotopic (exact) mass is 291 g/mol. The molecule has 1 aromatic carbocycles. The van der Waals surface area contributed by atoms with Crippen LogP contribution >= 0.6 is 0 Å². The first kappa shape index (κ1) is 14.0. The summed E-state index contributed by atoms with van der Waals surface area (Å²) in [5.74, 6) is -0.0956. The number of hydrogen-bond donors (Lipinski definition) is 2. The van der Waals surface area contributed by atoms with Crippen molar-refractivity contribution < 1.29 is 13.2 Å². The molecule has 0 aliphatic carbocycles. The number of nitrogen functional groups attached to an aromatic ring is 1. The van der Waals surface area contributed by atoms with Crippen LogP contribution in [0, 0.1) is 0 Å². The fraction of sp³-hybridized carbons (Fsp3) is 0.0769. The summed E-state index contributed by atoms with van der Waals surface area (Å²) in [5, 5.41) is 2.56. The van der Waals surface area contributed by atoms with E-state index in [0.717, 1.165) is 6.26 Å². The molecule has 1 amide bonds. The lowest BCUT2D eigenvalue weighted by Crippen LogP contribution is -2.14. The number of amides is 1. The van der Waals surface area contributed by atoms with Crippen molar-refractivity contribution in [2.24, 2.45) is 0 Å². The molecule has 0 spiro atoms. The third-order valence-corrected chi connectivity index (χ3v) is 3.62. The van der Waals surface area contributed by atoms with Crippen LogP contribution in [0.15, 0.2) is 47.5 Å². The molecule has 1 heterocycles. The maximum absolute atomic E-state index is 12.0. The van der Waals surface area contributed by atoms with Gasteiger partial charge in [-0.05, 0) is 30.3 Å². The van der Waals surface area contributed by atoms with Crippen LogP contribution in [0.5, 0.6) is 0 Å². The molecule has 0 bridgehead atoms. The Morgan fingerprint density at radius 3 is 2.60 bits per heavy atom. The van der Waals surface area contributed by atoms with Gasteiger partial charge in [-0.15, -0.1) is 0 Å². The summed E-state index contributed by atoms with van der Waals surface area (Å²) in [5.41, 5.74) is 6.00. The normalized spacial score (nSPS) is 11.1. The number of pyridine rings is 1. The number of nitrogens with zero attached hydrogens (tertiary/aromatic N) is 1. The number of benzene rings is 1. The van der Waals surface area contributed by atoms with Crippen molar-refractivity contribution in [3.63, 3.8) is 0 Å². The van der Waals surface area contributed by atoms with Crippen molar-refractivity contribution in [1.29, 1.82) is 0 Å². The Balaban J connectivity index is 2.33. The van der Waals surface area contributed by atoms with Crippen LogP contribution in [-0.4, -0.2) is 25.6 Å². The van der Waals surface area contributed by atoms with Crippen LogP contribution in [0.4, 0.5) is 11.5 Å².